The number of allylic oxidation sites excluding steroid dienone is 1. The van der Waals surface area contributed by atoms with Crippen molar-refractivity contribution >= 4 is 34.6 Å². The van der Waals surface area contributed by atoms with Crippen LogP contribution < -0.4 is 11.1 Å². The Morgan fingerprint density at radius 2 is 2.00 bits per heavy atom. The molecule has 0 radical (unpaired) electrons. The van der Waals surface area contributed by atoms with Crippen LogP contribution in [0.3, 0.4) is 0 Å². The van der Waals surface area contributed by atoms with E-state index >= 15 is 0 Å². The van der Waals surface area contributed by atoms with E-state index in [1.165, 1.54) is 16.0 Å². The third-order valence-corrected chi connectivity index (χ3v) is 8.28. The highest BCUT2D eigenvalue weighted by molar-refractivity contribution is 7.13. The van der Waals surface area contributed by atoms with Gasteiger partial charge >= 0.3 is 5.97 Å². The van der Waals surface area contributed by atoms with Crippen LogP contribution in [-0.2, 0) is 21.0 Å². The van der Waals surface area contributed by atoms with E-state index in [4.69, 9.17) is 15.2 Å². The minimum Gasteiger partial charge on any atom is -0.442 e. The number of amides is 1. The lowest BCUT2D eigenvalue weighted by atomic mass is 9.90. The zero-order valence-electron chi connectivity index (χ0n) is 25.3. The van der Waals surface area contributed by atoms with Gasteiger partial charge in [0.15, 0.2) is 24.0 Å². The lowest BCUT2D eigenvalue weighted by molar-refractivity contribution is -0.461. The molecule has 15 heteroatoms. The first-order valence-electron chi connectivity index (χ1n) is 14.6. The molecule has 3 aromatic heterocycles. The summed E-state index contributed by atoms with van der Waals surface area (Å²) in [6.07, 6.45) is 8.14. The molecule has 12 nitrogen and oxygen atoms in total. The number of aromatic nitrogens is 4. The van der Waals surface area contributed by atoms with Gasteiger partial charge in [0.2, 0.25) is 12.1 Å². The molecular weight excluding hydrogens is 606 g/mol. The maximum absolute atomic E-state index is 14.8. The molecule has 1 fully saturated rings. The number of pyridine rings is 1. The molecule has 1 saturated carbocycles. The van der Waals surface area contributed by atoms with E-state index in [2.05, 4.69) is 25.5 Å². The van der Waals surface area contributed by atoms with Gasteiger partial charge in [0.25, 0.3) is 5.91 Å². The van der Waals surface area contributed by atoms with Crippen LogP contribution in [0, 0.1) is 17.2 Å². The lowest BCUT2D eigenvalue weighted by Crippen LogP contribution is -2.28. The summed E-state index contributed by atoms with van der Waals surface area (Å²) < 4.78 is 42.9. The molecule has 1 amide bonds. The van der Waals surface area contributed by atoms with Gasteiger partial charge in [-0.15, -0.1) is 11.3 Å². The largest absolute Gasteiger partial charge is 0.442 e. The minimum atomic E-state index is -0.873. The highest BCUT2D eigenvalue weighted by Gasteiger charge is 2.33. The van der Waals surface area contributed by atoms with Crippen molar-refractivity contribution in [1.29, 1.82) is 0 Å². The van der Waals surface area contributed by atoms with Crippen molar-refractivity contribution in [3.8, 4) is 10.6 Å². The van der Waals surface area contributed by atoms with Crippen LogP contribution >= 0.6 is 11.3 Å². The maximum Gasteiger partial charge on any atom is 0.308 e. The van der Waals surface area contributed by atoms with Gasteiger partial charge < -0.3 is 20.5 Å². The zero-order valence-corrected chi connectivity index (χ0v) is 26.1. The van der Waals surface area contributed by atoms with Gasteiger partial charge in [-0.25, -0.2) is 19.0 Å². The van der Waals surface area contributed by atoms with Crippen LogP contribution in [0.15, 0.2) is 46.9 Å². The number of rotatable bonds is 11. The molecular formula is C30H35F2N8O4S+. The molecule has 1 aliphatic heterocycles. The van der Waals surface area contributed by atoms with E-state index in [0.29, 0.717) is 36.6 Å². The number of nitrogens with zero attached hydrogens (tertiary/aromatic N) is 6. The summed E-state index contributed by atoms with van der Waals surface area (Å²) in [7, 11) is 0. The average molecular weight is 642 g/mol. The fourth-order valence-electron chi connectivity index (χ4n) is 4.84. The smallest absolute Gasteiger partial charge is 0.308 e. The van der Waals surface area contributed by atoms with Crippen molar-refractivity contribution < 1.29 is 32.5 Å². The number of thiazole rings is 1. The number of hydrogen-bond acceptors (Lipinski definition) is 10. The number of hydrogen-bond donors (Lipinski definition) is 2. The summed E-state index contributed by atoms with van der Waals surface area (Å²) >= 11 is 1.22. The number of carbonyl (C=O) groups is 2. The Morgan fingerprint density at radius 3 is 2.73 bits per heavy atom. The van der Waals surface area contributed by atoms with Crippen LogP contribution in [-0.4, -0.2) is 67.0 Å². The molecule has 0 unspecified atom stereocenters. The molecule has 2 aliphatic rings. The van der Waals surface area contributed by atoms with Crippen LogP contribution in [0.1, 0.15) is 69.1 Å². The van der Waals surface area contributed by atoms with Gasteiger partial charge in [0.1, 0.15) is 22.1 Å². The molecule has 3 N–H and O–H groups in total. The van der Waals surface area contributed by atoms with E-state index in [1.54, 1.807) is 28.7 Å². The predicted octanol–water partition coefficient (Wildman–Crippen LogP) is 3.98. The van der Waals surface area contributed by atoms with Crippen molar-refractivity contribution in [3.05, 3.63) is 65.0 Å². The Bertz CT molecular complexity index is 1670. The Kier molecular flexibility index (Phi) is 9.90. The van der Waals surface area contributed by atoms with Gasteiger partial charge in [0, 0.05) is 41.7 Å². The normalized spacial score (nSPS) is 16.9. The topological polar surface area (TPSA) is 150 Å². The van der Waals surface area contributed by atoms with Crippen LogP contribution in [0.4, 0.5) is 8.78 Å². The summed E-state index contributed by atoms with van der Waals surface area (Å²) in [5.74, 6) is -2.60. The highest BCUT2D eigenvalue weighted by atomic mass is 32.1. The van der Waals surface area contributed by atoms with E-state index < -0.39 is 17.7 Å². The van der Waals surface area contributed by atoms with Crippen molar-refractivity contribution in [2.75, 3.05) is 13.2 Å². The predicted molar refractivity (Wildman–Crippen MR) is 162 cm³/mol. The first kappa shape index (κ1) is 32.2. The average Bonchev–Trinajstić information content (AvgIpc) is 3.78. The van der Waals surface area contributed by atoms with Gasteiger partial charge in [0.05, 0.1) is 18.7 Å². The van der Waals surface area contributed by atoms with Crippen LogP contribution in [0.2, 0.25) is 0 Å². The van der Waals surface area contributed by atoms with E-state index in [0.717, 1.165) is 30.7 Å². The number of nitrogens with one attached hydrogen (secondary N) is 1. The molecule has 0 atom stereocenters. The fourth-order valence-corrected chi connectivity index (χ4v) is 5.61. The quantitative estimate of drug-likeness (QED) is 0.181. The molecule has 0 bridgehead atoms. The summed E-state index contributed by atoms with van der Waals surface area (Å²) in [6, 6.07) is 1.89. The Morgan fingerprint density at radius 1 is 1.22 bits per heavy atom. The molecule has 45 heavy (non-hydrogen) atoms. The van der Waals surface area contributed by atoms with Gasteiger partial charge in [-0.1, -0.05) is 18.5 Å². The highest BCUT2D eigenvalue weighted by Crippen LogP contribution is 2.25. The number of esters is 1. The summed E-state index contributed by atoms with van der Waals surface area (Å²) in [6.45, 7) is 6.63. The molecule has 4 heterocycles. The molecule has 0 aromatic carbocycles. The molecule has 3 aromatic rings. The van der Waals surface area contributed by atoms with Crippen molar-refractivity contribution in [2.45, 2.75) is 65.7 Å². The van der Waals surface area contributed by atoms with Crippen molar-refractivity contribution in [2.24, 2.45) is 16.3 Å². The van der Waals surface area contributed by atoms with Crippen LogP contribution in [0.25, 0.3) is 10.6 Å². The second-order valence-corrected chi connectivity index (χ2v) is 12.3. The van der Waals surface area contributed by atoms with E-state index in [9.17, 15) is 18.4 Å². The van der Waals surface area contributed by atoms with Crippen molar-refractivity contribution in [3.63, 3.8) is 0 Å². The molecule has 238 valence electrons. The molecule has 0 saturated heterocycles. The summed E-state index contributed by atoms with van der Waals surface area (Å²) in [5.41, 5.74) is 6.86. The van der Waals surface area contributed by atoms with Gasteiger partial charge in [-0.05, 0) is 43.9 Å². The number of nitrogens with two attached hydrogens (primary N) is 1. The first-order chi connectivity index (χ1) is 21.5. The molecule has 1 aliphatic carbocycles. The fraction of sp³-hybridized carbons (Fsp3) is 0.433. The lowest BCUT2D eigenvalue weighted by Gasteiger charge is -2.20. The van der Waals surface area contributed by atoms with Gasteiger partial charge in [-0.2, -0.15) is 9.49 Å². The third kappa shape index (κ3) is 7.90. The SMILES string of the molecule is CCOC1CCC(=[N+]2C=C(NC(=O)c3csc(-c4cnn(COC(=O)CC(C)(C)CN)c4)n3)C(c3nc(F)ccc3F)=N2)CC1. The summed E-state index contributed by atoms with van der Waals surface area (Å²) in [5, 5.41) is 13.6. The Hall–Kier alpha value is -4.21. The number of carbonyl (C=O) groups excluding carboxylic acids is 2. The maximum atomic E-state index is 14.8. The third-order valence-electron chi connectivity index (χ3n) is 7.39. The standard InChI is InChI=1S/C30H34F2N8O4S/c1-4-43-20-7-5-19(6-8-20)40-14-22(27(38-40)26-21(31)9-10-24(32)37-26)35-28(42)23-15-45-29(36-23)18-12-34-39(13-18)17-44-25(41)11-30(2,3)16-33/h9-10,12-15,20H,4-8,11,16-17,33H2,1-3H3/p+1. The second-order valence-electron chi connectivity index (χ2n) is 11.5. The minimum absolute atomic E-state index is 0.000841. The zero-order chi connectivity index (χ0) is 32.1. The first-order valence-corrected chi connectivity index (χ1v) is 15.5. The Balaban J connectivity index is 1.30. The van der Waals surface area contributed by atoms with Gasteiger partial charge in [-0.3, -0.25) is 9.59 Å². The number of halogens is 2. The number of hydrazone groups is 1. The molecule has 5 rings (SSSR count). The van der Waals surface area contributed by atoms with E-state index in [1.807, 2.05) is 20.8 Å². The summed E-state index contributed by atoms with van der Waals surface area (Å²) in [4.78, 5) is 33.6. The Labute approximate surface area is 262 Å². The molecule has 0 spiro atoms. The monoisotopic (exact) mass is 641 g/mol. The second kappa shape index (κ2) is 13.8. The van der Waals surface area contributed by atoms with Crippen LogP contribution in [0.5, 0.6) is 0 Å². The van der Waals surface area contributed by atoms with Crippen molar-refractivity contribution in [1.82, 2.24) is 25.1 Å². The van der Waals surface area contributed by atoms with E-state index in [-0.39, 0.29) is 53.4 Å². The number of ether oxygens (including phenoxy) is 2.